The Bertz CT molecular complexity index is 604. The molecule has 1 amide bonds. The van der Waals surface area contributed by atoms with Gasteiger partial charge in [-0.05, 0) is 30.5 Å². The highest BCUT2D eigenvalue weighted by atomic mass is 16.6. The number of rotatable bonds is 7. The van der Waals surface area contributed by atoms with E-state index >= 15 is 0 Å². The molecule has 130 valence electrons. The highest BCUT2D eigenvalue weighted by molar-refractivity contribution is 5.72. The second kappa shape index (κ2) is 7.09. The van der Waals surface area contributed by atoms with Crippen molar-refractivity contribution >= 4 is 12.1 Å². The number of carboxylic acid groups (broad SMARTS) is 1. The van der Waals surface area contributed by atoms with Gasteiger partial charge in [0.15, 0.2) is 0 Å². The number of carbonyl (C=O) groups is 2. The predicted octanol–water partition coefficient (Wildman–Crippen LogP) is 1.22. The third-order valence-electron chi connectivity index (χ3n) is 4.58. The molecule has 3 rings (SSSR count). The highest BCUT2D eigenvalue weighted by Gasteiger charge is 2.47. The monoisotopic (exact) mass is 334 g/mol. The molecular formula is C17H22N2O5. The zero-order valence-corrected chi connectivity index (χ0v) is 13.7. The fourth-order valence-corrected chi connectivity index (χ4v) is 3.40. The van der Waals surface area contributed by atoms with Crippen molar-refractivity contribution in [3.63, 3.8) is 0 Å². The first-order chi connectivity index (χ1) is 11.6. The van der Waals surface area contributed by atoms with Gasteiger partial charge in [-0.3, -0.25) is 9.69 Å². The van der Waals surface area contributed by atoms with Crippen LogP contribution in [-0.2, 0) is 16.0 Å². The van der Waals surface area contributed by atoms with E-state index in [2.05, 4.69) is 0 Å². The highest BCUT2D eigenvalue weighted by Crippen LogP contribution is 2.27. The maximum atomic E-state index is 12.0. The first-order valence-corrected chi connectivity index (χ1v) is 8.11. The molecule has 2 aliphatic rings. The third kappa shape index (κ3) is 3.62. The van der Waals surface area contributed by atoms with Gasteiger partial charge in [0.2, 0.25) is 0 Å². The van der Waals surface area contributed by atoms with Crippen molar-refractivity contribution in [1.29, 1.82) is 0 Å². The zero-order valence-electron chi connectivity index (χ0n) is 13.7. The number of amides is 1. The van der Waals surface area contributed by atoms with E-state index in [0.717, 1.165) is 18.6 Å². The largest absolute Gasteiger partial charge is 0.497 e. The van der Waals surface area contributed by atoms with Crippen molar-refractivity contribution in [3.05, 3.63) is 29.8 Å². The number of fused-ring (bicyclic) bond motifs is 1. The van der Waals surface area contributed by atoms with Crippen LogP contribution in [0.5, 0.6) is 5.75 Å². The van der Waals surface area contributed by atoms with E-state index in [0.29, 0.717) is 19.6 Å². The van der Waals surface area contributed by atoms with E-state index in [4.69, 9.17) is 14.6 Å². The summed E-state index contributed by atoms with van der Waals surface area (Å²) in [6, 6.07) is 7.86. The minimum atomic E-state index is -0.854. The van der Waals surface area contributed by atoms with Crippen LogP contribution >= 0.6 is 0 Å². The standard InChI is InChI=1S/C17H22N2O5/c1-23-13-6-4-12(5-7-13)3-2-8-19-14-9-18(11-16(20)21)10-15(14)24-17(19)22/h4-7,14-15H,2-3,8-11H2,1H3,(H,20,21)/t14-,15+/m0/s1. The molecule has 7 nitrogen and oxygen atoms in total. The normalized spacial score (nSPS) is 23.2. The molecule has 0 unspecified atom stereocenters. The van der Waals surface area contributed by atoms with Crippen LogP contribution < -0.4 is 4.74 Å². The topological polar surface area (TPSA) is 79.3 Å². The molecule has 0 saturated carbocycles. The van der Waals surface area contributed by atoms with Crippen LogP contribution in [0.1, 0.15) is 12.0 Å². The molecule has 7 heteroatoms. The summed E-state index contributed by atoms with van der Waals surface area (Å²) in [7, 11) is 1.64. The van der Waals surface area contributed by atoms with Crippen molar-refractivity contribution < 1.29 is 24.2 Å². The van der Waals surface area contributed by atoms with Crippen molar-refractivity contribution in [1.82, 2.24) is 9.80 Å². The van der Waals surface area contributed by atoms with Crippen molar-refractivity contribution in [2.45, 2.75) is 25.0 Å². The zero-order chi connectivity index (χ0) is 17.1. The maximum Gasteiger partial charge on any atom is 0.410 e. The van der Waals surface area contributed by atoms with E-state index in [1.54, 1.807) is 12.0 Å². The number of carboxylic acids is 1. The Labute approximate surface area is 140 Å². The van der Waals surface area contributed by atoms with Gasteiger partial charge in [0.05, 0.1) is 19.7 Å². The minimum Gasteiger partial charge on any atom is -0.497 e. The predicted molar refractivity (Wildman–Crippen MR) is 86.2 cm³/mol. The molecule has 0 aromatic heterocycles. The van der Waals surface area contributed by atoms with Gasteiger partial charge in [0, 0.05) is 19.6 Å². The number of aryl methyl sites for hydroxylation is 1. The Balaban J connectivity index is 1.50. The number of aliphatic carboxylic acids is 1. The van der Waals surface area contributed by atoms with Crippen LogP contribution in [0.4, 0.5) is 4.79 Å². The molecule has 24 heavy (non-hydrogen) atoms. The van der Waals surface area contributed by atoms with E-state index in [1.807, 2.05) is 29.2 Å². The molecule has 2 heterocycles. The molecule has 1 aromatic carbocycles. The lowest BCUT2D eigenvalue weighted by atomic mass is 10.1. The summed E-state index contributed by atoms with van der Waals surface area (Å²) < 4.78 is 10.5. The number of hydrogen-bond donors (Lipinski definition) is 1. The molecular weight excluding hydrogens is 312 g/mol. The molecule has 2 aliphatic heterocycles. The molecule has 2 fully saturated rings. The molecule has 0 spiro atoms. The van der Waals surface area contributed by atoms with E-state index in [1.165, 1.54) is 5.56 Å². The second-order valence-corrected chi connectivity index (χ2v) is 6.22. The lowest BCUT2D eigenvalue weighted by Crippen LogP contribution is -2.39. The van der Waals surface area contributed by atoms with Crippen molar-refractivity contribution in [3.8, 4) is 5.75 Å². The lowest BCUT2D eigenvalue weighted by Gasteiger charge is -2.21. The molecule has 2 saturated heterocycles. The Morgan fingerprint density at radius 2 is 2.08 bits per heavy atom. The summed E-state index contributed by atoms with van der Waals surface area (Å²) in [5, 5.41) is 8.89. The van der Waals surface area contributed by atoms with Gasteiger partial charge >= 0.3 is 12.1 Å². The molecule has 0 aliphatic carbocycles. The molecule has 0 bridgehead atoms. The summed E-state index contributed by atoms with van der Waals surface area (Å²) in [6.45, 7) is 1.67. The minimum absolute atomic E-state index is 0.00968. The first kappa shape index (κ1) is 16.6. The summed E-state index contributed by atoms with van der Waals surface area (Å²) in [4.78, 5) is 26.4. The summed E-state index contributed by atoms with van der Waals surface area (Å²) in [6.07, 6.45) is 1.21. The Kier molecular flexibility index (Phi) is 4.89. The van der Waals surface area contributed by atoms with Crippen LogP contribution in [0.3, 0.4) is 0 Å². The van der Waals surface area contributed by atoms with Crippen LogP contribution in [0, 0.1) is 0 Å². The van der Waals surface area contributed by atoms with Crippen LogP contribution in [-0.4, -0.2) is 72.4 Å². The van der Waals surface area contributed by atoms with Crippen LogP contribution in [0.2, 0.25) is 0 Å². The van der Waals surface area contributed by atoms with Gasteiger partial charge in [-0.2, -0.15) is 0 Å². The van der Waals surface area contributed by atoms with E-state index in [-0.39, 0.29) is 24.8 Å². The van der Waals surface area contributed by atoms with Gasteiger partial charge in [-0.15, -0.1) is 0 Å². The third-order valence-corrected chi connectivity index (χ3v) is 4.58. The molecule has 1 N–H and O–H groups in total. The number of carbonyl (C=O) groups excluding carboxylic acids is 1. The van der Waals surface area contributed by atoms with Crippen molar-refractivity contribution in [2.75, 3.05) is 33.3 Å². The summed E-state index contributed by atoms with van der Waals surface area (Å²) in [5.41, 5.74) is 1.19. The lowest BCUT2D eigenvalue weighted by molar-refractivity contribution is -0.138. The van der Waals surface area contributed by atoms with Gasteiger partial charge < -0.3 is 19.5 Å². The second-order valence-electron chi connectivity index (χ2n) is 6.22. The summed E-state index contributed by atoms with van der Waals surface area (Å²) >= 11 is 0. The smallest absolute Gasteiger partial charge is 0.410 e. The average Bonchev–Trinajstić information content (AvgIpc) is 3.05. The summed E-state index contributed by atoms with van der Waals surface area (Å²) in [5.74, 6) is -0.0263. The Hall–Kier alpha value is -2.28. The Morgan fingerprint density at radius 1 is 1.33 bits per heavy atom. The van der Waals surface area contributed by atoms with Crippen LogP contribution in [0.15, 0.2) is 24.3 Å². The number of benzene rings is 1. The number of methoxy groups -OCH3 is 1. The van der Waals surface area contributed by atoms with E-state index < -0.39 is 5.97 Å². The van der Waals surface area contributed by atoms with E-state index in [9.17, 15) is 9.59 Å². The SMILES string of the molecule is COc1ccc(CCCN2C(=O)O[C@@H]3CN(CC(=O)O)C[C@@H]32)cc1. The first-order valence-electron chi connectivity index (χ1n) is 8.11. The van der Waals surface area contributed by atoms with Gasteiger partial charge in [0.1, 0.15) is 11.9 Å². The molecule has 1 aromatic rings. The Morgan fingerprint density at radius 3 is 2.75 bits per heavy atom. The van der Waals surface area contributed by atoms with Crippen molar-refractivity contribution in [2.24, 2.45) is 0 Å². The number of ether oxygens (including phenoxy) is 2. The number of likely N-dealkylation sites (tertiary alicyclic amines) is 1. The quantitative estimate of drug-likeness (QED) is 0.808. The fraction of sp³-hybridized carbons (Fsp3) is 0.529. The maximum absolute atomic E-state index is 12.0. The number of nitrogens with zero attached hydrogens (tertiary/aromatic N) is 2. The van der Waals surface area contributed by atoms with Gasteiger partial charge in [0.25, 0.3) is 0 Å². The average molecular weight is 334 g/mol. The van der Waals surface area contributed by atoms with Crippen LogP contribution in [0.25, 0.3) is 0 Å². The van der Waals surface area contributed by atoms with Gasteiger partial charge in [-0.1, -0.05) is 12.1 Å². The van der Waals surface area contributed by atoms with Gasteiger partial charge in [-0.25, -0.2) is 4.79 Å². The fourth-order valence-electron chi connectivity index (χ4n) is 3.40. The molecule has 0 radical (unpaired) electrons. The molecule has 2 atom stereocenters. The number of hydrogen-bond acceptors (Lipinski definition) is 5.